The van der Waals surface area contributed by atoms with Gasteiger partial charge < -0.3 is 14.6 Å². The van der Waals surface area contributed by atoms with E-state index in [0.29, 0.717) is 5.57 Å². The highest BCUT2D eigenvalue weighted by atomic mass is 16.6. The van der Waals surface area contributed by atoms with Crippen LogP contribution in [0.3, 0.4) is 0 Å². The lowest BCUT2D eigenvalue weighted by Crippen LogP contribution is -2.46. The van der Waals surface area contributed by atoms with Gasteiger partial charge in [0.1, 0.15) is 6.10 Å². The van der Waals surface area contributed by atoms with E-state index in [1.54, 1.807) is 19.9 Å². The van der Waals surface area contributed by atoms with E-state index in [1.165, 1.54) is 6.92 Å². The summed E-state index contributed by atoms with van der Waals surface area (Å²) in [4.78, 5) is 27.3. The molecule has 0 aromatic carbocycles. The second-order valence-corrected chi connectivity index (χ2v) is 7.47. The summed E-state index contributed by atoms with van der Waals surface area (Å²) in [6.45, 7) is 7.11. The predicted octanol–water partition coefficient (Wildman–Crippen LogP) is 1.27. The molecule has 24 heavy (non-hydrogen) atoms. The lowest BCUT2D eigenvalue weighted by molar-refractivity contribution is -0.172. The van der Waals surface area contributed by atoms with Gasteiger partial charge in [-0.05, 0) is 45.6 Å². The Morgan fingerprint density at radius 2 is 2.00 bits per heavy atom. The molecule has 0 saturated carbocycles. The van der Waals surface area contributed by atoms with Crippen LogP contribution >= 0.6 is 0 Å². The maximum absolute atomic E-state index is 12.6. The molecule has 6 heteroatoms. The first kappa shape index (κ1) is 17.4. The van der Waals surface area contributed by atoms with E-state index in [2.05, 4.69) is 4.90 Å². The first-order valence-electron chi connectivity index (χ1n) is 8.84. The van der Waals surface area contributed by atoms with Gasteiger partial charge in [-0.15, -0.1) is 0 Å². The highest BCUT2D eigenvalue weighted by Gasteiger charge is 2.48. The van der Waals surface area contributed by atoms with Crippen LogP contribution < -0.4 is 0 Å². The van der Waals surface area contributed by atoms with Gasteiger partial charge in [-0.1, -0.05) is 13.0 Å². The summed E-state index contributed by atoms with van der Waals surface area (Å²) < 4.78 is 11.3. The van der Waals surface area contributed by atoms with Crippen molar-refractivity contribution in [2.24, 2.45) is 11.8 Å². The van der Waals surface area contributed by atoms with Gasteiger partial charge in [-0.3, -0.25) is 4.90 Å². The molecular weight excluding hydrogens is 310 g/mol. The number of cyclic esters (lactones) is 1. The fraction of sp³-hybridized carbons (Fsp3) is 0.778. The SMILES string of the molecule is C/C=C1/C[C@@H](C)[C@](C)(O)C(=O)OC[C@@H]2CCN3CC[C@@H](OC1=O)[C@@H]23. The Labute approximate surface area is 142 Å². The highest BCUT2D eigenvalue weighted by Crippen LogP contribution is 2.36. The summed E-state index contributed by atoms with van der Waals surface area (Å²) in [6.07, 6.45) is 3.59. The van der Waals surface area contributed by atoms with E-state index in [4.69, 9.17) is 9.47 Å². The van der Waals surface area contributed by atoms with Crippen LogP contribution in [0.2, 0.25) is 0 Å². The Balaban J connectivity index is 1.89. The Morgan fingerprint density at radius 3 is 2.71 bits per heavy atom. The Morgan fingerprint density at radius 1 is 1.29 bits per heavy atom. The summed E-state index contributed by atoms with van der Waals surface area (Å²) in [5.74, 6) is -1.23. The molecule has 3 heterocycles. The molecule has 3 aliphatic heterocycles. The fourth-order valence-electron chi connectivity index (χ4n) is 4.11. The third-order valence-electron chi connectivity index (χ3n) is 5.97. The number of rotatable bonds is 0. The van der Waals surface area contributed by atoms with Crippen LogP contribution in [-0.2, 0) is 19.1 Å². The van der Waals surface area contributed by atoms with Gasteiger partial charge in [0.15, 0.2) is 5.60 Å². The van der Waals surface area contributed by atoms with E-state index < -0.39 is 17.5 Å². The monoisotopic (exact) mass is 337 g/mol. The Kier molecular flexibility index (Phi) is 4.71. The number of carbonyl (C=O) groups is 2. The Hall–Kier alpha value is -1.40. The van der Waals surface area contributed by atoms with Crippen molar-refractivity contribution in [1.82, 2.24) is 4.90 Å². The molecule has 3 saturated heterocycles. The number of nitrogens with zero attached hydrogens (tertiary/aromatic N) is 1. The third-order valence-corrected chi connectivity index (χ3v) is 5.97. The lowest BCUT2D eigenvalue weighted by atomic mass is 9.85. The smallest absolute Gasteiger partial charge is 0.338 e. The van der Waals surface area contributed by atoms with Gasteiger partial charge in [0.2, 0.25) is 0 Å². The minimum Gasteiger partial charge on any atom is -0.463 e. The summed E-state index contributed by atoms with van der Waals surface area (Å²) in [7, 11) is 0. The number of aliphatic hydroxyl groups is 1. The van der Waals surface area contributed by atoms with E-state index in [0.717, 1.165) is 25.9 Å². The van der Waals surface area contributed by atoms with Crippen molar-refractivity contribution in [3.63, 3.8) is 0 Å². The Bertz CT molecular complexity index is 556. The van der Waals surface area contributed by atoms with Crippen LogP contribution in [0.1, 0.15) is 40.0 Å². The maximum Gasteiger partial charge on any atom is 0.338 e. The summed E-state index contributed by atoms with van der Waals surface area (Å²) in [5, 5.41) is 10.6. The van der Waals surface area contributed by atoms with Crippen molar-refractivity contribution in [3.05, 3.63) is 11.6 Å². The first-order valence-corrected chi connectivity index (χ1v) is 8.84. The van der Waals surface area contributed by atoms with Crippen LogP contribution in [-0.4, -0.2) is 59.4 Å². The van der Waals surface area contributed by atoms with E-state index in [1.807, 2.05) is 0 Å². The number of allylic oxidation sites excluding steroid dienone is 1. The van der Waals surface area contributed by atoms with Crippen molar-refractivity contribution in [2.45, 2.75) is 57.8 Å². The van der Waals surface area contributed by atoms with Crippen LogP contribution in [0.15, 0.2) is 11.6 Å². The number of ether oxygens (including phenoxy) is 2. The molecule has 0 aromatic heterocycles. The maximum atomic E-state index is 12.6. The molecule has 3 fully saturated rings. The van der Waals surface area contributed by atoms with E-state index in [-0.39, 0.29) is 37.1 Å². The van der Waals surface area contributed by atoms with E-state index in [9.17, 15) is 14.7 Å². The zero-order valence-electron chi connectivity index (χ0n) is 14.7. The predicted molar refractivity (Wildman–Crippen MR) is 87.1 cm³/mol. The minimum atomic E-state index is -1.62. The molecule has 0 unspecified atom stereocenters. The molecule has 3 rings (SSSR count). The molecular formula is C18H27NO5. The normalized spacial score (nSPS) is 42.9. The number of hydrogen-bond acceptors (Lipinski definition) is 6. The van der Waals surface area contributed by atoms with Crippen molar-refractivity contribution in [2.75, 3.05) is 19.7 Å². The molecule has 0 aliphatic carbocycles. The van der Waals surface area contributed by atoms with E-state index >= 15 is 0 Å². The molecule has 0 bridgehead atoms. The minimum absolute atomic E-state index is 0.113. The largest absolute Gasteiger partial charge is 0.463 e. The average Bonchev–Trinajstić information content (AvgIpc) is 3.12. The van der Waals surface area contributed by atoms with Crippen LogP contribution in [0, 0.1) is 11.8 Å². The fourth-order valence-corrected chi connectivity index (χ4v) is 4.11. The third kappa shape index (κ3) is 2.97. The zero-order chi connectivity index (χ0) is 17.5. The number of hydrogen-bond donors (Lipinski definition) is 1. The van der Waals surface area contributed by atoms with Crippen molar-refractivity contribution in [3.8, 4) is 0 Å². The van der Waals surface area contributed by atoms with Crippen LogP contribution in [0.25, 0.3) is 0 Å². The number of esters is 2. The zero-order valence-corrected chi connectivity index (χ0v) is 14.7. The highest BCUT2D eigenvalue weighted by molar-refractivity contribution is 5.89. The quantitative estimate of drug-likeness (QED) is 0.530. The van der Waals surface area contributed by atoms with Crippen molar-refractivity contribution >= 4 is 11.9 Å². The second-order valence-electron chi connectivity index (χ2n) is 7.47. The van der Waals surface area contributed by atoms with Gasteiger partial charge in [0.25, 0.3) is 0 Å². The molecule has 134 valence electrons. The molecule has 5 atom stereocenters. The van der Waals surface area contributed by atoms with Crippen LogP contribution in [0.5, 0.6) is 0 Å². The van der Waals surface area contributed by atoms with Crippen molar-refractivity contribution < 1.29 is 24.2 Å². The summed E-state index contributed by atoms with van der Waals surface area (Å²) >= 11 is 0. The average molecular weight is 337 g/mol. The lowest BCUT2D eigenvalue weighted by Gasteiger charge is -2.32. The molecule has 1 N–H and O–H groups in total. The molecule has 0 amide bonds. The summed E-state index contributed by atoms with van der Waals surface area (Å²) in [5.41, 5.74) is -1.12. The van der Waals surface area contributed by atoms with Gasteiger partial charge in [-0.2, -0.15) is 0 Å². The van der Waals surface area contributed by atoms with Gasteiger partial charge in [0.05, 0.1) is 12.6 Å². The second kappa shape index (κ2) is 6.48. The topological polar surface area (TPSA) is 76.1 Å². The van der Waals surface area contributed by atoms with Gasteiger partial charge in [-0.25, -0.2) is 9.59 Å². The molecule has 0 radical (unpaired) electrons. The van der Waals surface area contributed by atoms with Crippen LogP contribution in [0.4, 0.5) is 0 Å². The number of carbonyl (C=O) groups excluding carboxylic acids is 2. The first-order chi connectivity index (χ1) is 11.3. The van der Waals surface area contributed by atoms with Gasteiger partial charge in [0, 0.05) is 18.0 Å². The molecule has 6 nitrogen and oxygen atoms in total. The molecule has 3 aliphatic rings. The standard InChI is InChI=1S/C18H27NO5/c1-4-12-9-11(2)18(3,22)17(21)23-10-13-5-7-19-8-6-14(15(13)19)24-16(12)20/h4,11,13-15,22H,5-10H2,1-3H3/b12-4-/t11-,13+,14-,15-,18+/m1/s1. The summed E-state index contributed by atoms with van der Waals surface area (Å²) in [6, 6.07) is 0.113. The molecule has 0 spiro atoms. The van der Waals surface area contributed by atoms with Crippen molar-refractivity contribution in [1.29, 1.82) is 0 Å². The molecule has 0 aromatic rings. The van der Waals surface area contributed by atoms with Gasteiger partial charge >= 0.3 is 11.9 Å².